The number of anilines is 1. The minimum Gasteiger partial charge on any atom is -0.354 e. The van der Waals surface area contributed by atoms with Crippen LogP contribution in [0.3, 0.4) is 0 Å². The van der Waals surface area contributed by atoms with E-state index in [0.29, 0.717) is 25.4 Å². The zero-order chi connectivity index (χ0) is 17.5. The number of halogens is 1. The molecule has 1 atom stereocenters. The molecule has 1 aliphatic rings. The fraction of sp³-hybridized carbons (Fsp3) is 0.579. The Morgan fingerprint density at radius 1 is 1.20 bits per heavy atom. The van der Waals surface area contributed by atoms with Crippen molar-refractivity contribution in [2.75, 3.05) is 31.1 Å². The van der Waals surface area contributed by atoms with Crippen molar-refractivity contribution in [3.8, 4) is 0 Å². The standard InChI is InChI=1S/C19H29N3O2.ClH/c1-4-10-20-11-12-21-18(23)17-9-13-22(19(17)24)16-7-5-15(6-8-16)14(2)3;/h5-8,14,17,20H,4,9-13H2,1-3H3,(H,21,23);1H. The monoisotopic (exact) mass is 367 g/mol. The quantitative estimate of drug-likeness (QED) is 0.548. The molecular weight excluding hydrogens is 338 g/mol. The largest absolute Gasteiger partial charge is 0.354 e. The lowest BCUT2D eigenvalue weighted by molar-refractivity contribution is -0.132. The third kappa shape index (κ3) is 5.72. The Kier molecular flexibility index (Phi) is 8.93. The van der Waals surface area contributed by atoms with E-state index >= 15 is 0 Å². The van der Waals surface area contributed by atoms with Crippen LogP contribution in [0.1, 0.15) is 45.1 Å². The van der Waals surface area contributed by atoms with Crippen LogP contribution < -0.4 is 15.5 Å². The first-order chi connectivity index (χ1) is 11.5. The highest BCUT2D eigenvalue weighted by atomic mass is 35.5. The Bertz CT molecular complexity index is 560. The first kappa shape index (κ1) is 21.5. The van der Waals surface area contributed by atoms with Crippen LogP contribution >= 0.6 is 12.4 Å². The minimum absolute atomic E-state index is 0. The molecule has 0 aromatic heterocycles. The van der Waals surface area contributed by atoms with Gasteiger partial charge in [-0.2, -0.15) is 0 Å². The van der Waals surface area contributed by atoms with E-state index in [1.165, 1.54) is 5.56 Å². The summed E-state index contributed by atoms with van der Waals surface area (Å²) < 4.78 is 0. The Labute approximate surface area is 157 Å². The Balaban J connectivity index is 0.00000312. The molecule has 0 bridgehead atoms. The second-order valence-electron chi connectivity index (χ2n) is 6.62. The Hall–Kier alpha value is -1.59. The van der Waals surface area contributed by atoms with Gasteiger partial charge in [0.1, 0.15) is 5.92 Å². The van der Waals surface area contributed by atoms with Crippen LogP contribution in [-0.4, -0.2) is 38.0 Å². The molecular formula is C19H30ClN3O2. The third-order valence-electron chi connectivity index (χ3n) is 4.42. The summed E-state index contributed by atoms with van der Waals surface area (Å²) >= 11 is 0. The molecule has 1 aliphatic heterocycles. The van der Waals surface area contributed by atoms with E-state index in [9.17, 15) is 9.59 Å². The lowest BCUT2D eigenvalue weighted by atomic mass is 10.0. The Morgan fingerprint density at radius 2 is 1.88 bits per heavy atom. The van der Waals surface area contributed by atoms with Crippen molar-refractivity contribution >= 4 is 29.9 Å². The van der Waals surface area contributed by atoms with Crippen LogP contribution in [0, 0.1) is 5.92 Å². The molecule has 0 aliphatic carbocycles. The zero-order valence-electron chi connectivity index (χ0n) is 15.4. The lowest BCUT2D eigenvalue weighted by Gasteiger charge is -2.18. The topological polar surface area (TPSA) is 61.4 Å². The van der Waals surface area contributed by atoms with Crippen LogP contribution in [0.4, 0.5) is 5.69 Å². The molecule has 0 spiro atoms. The maximum absolute atomic E-state index is 12.6. The van der Waals surface area contributed by atoms with Crippen LogP contribution in [0.15, 0.2) is 24.3 Å². The number of hydrogen-bond donors (Lipinski definition) is 2. The van der Waals surface area contributed by atoms with Crippen molar-refractivity contribution in [3.63, 3.8) is 0 Å². The molecule has 1 unspecified atom stereocenters. The Morgan fingerprint density at radius 3 is 2.48 bits per heavy atom. The van der Waals surface area contributed by atoms with Crippen LogP contribution in [0.25, 0.3) is 0 Å². The van der Waals surface area contributed by atoms with Gasteiger partial charge in [-0.1, -0.05) is 32.9 Å². The molecule has 1 aromatic rings. The number of nitrogens with zero attached hydrogens (tertiary/aromatic N) is 1. The highest BCUT2D eigenvalue weighted by Crippen LogP contribution is 2.27. The molecule has 1 heterocycles. The van der Waals surface area contributed by atoms with Gasteiger partial charge in [-0.25, -0.2) is 0 Å². The van der Waals surface area contributed by atoms with Gasteiger partial charge in [0.25, 0.3) is 0 Å². The molecule has 140 valence electrons. The van der Waals surface area contributed by atoms with E-state index in [2.05, 4.69) is 43.5 Å². The van der Waals surface area contributed by atoms with Gasteiger partial charge in [0.05, 0.1) is 0 Å². The van der Waals surface area contributed by atoms with Crippen LogP contribution in [0.5, 0.6) is 0 Å². The summed E-state index contributed by atoms with van der Waals surface area (Å²) in [4.78, 5) is 26.5. The number of amides is 2. The molecule has 2 rings (SSSR count). The van der Waals surface area contributed by atoms with Crippen molar-refractivity contribution in [3.05, 3.63) is 29.8 Å². The number of hydrogen-bond acceptors (Lipinski definition) is 3. The summed E-state index contributed by atoms with van der Waals surface area (Å²) in [6.07, 6.45) is 1.65. The molecule has 0 radical (unpaired) electrons. The van der Waals surface area contributed by atoms with Crippen molar-refractivity contribution in [2.45, 2.75) is 39.5 Å². The second kappa shape index (κ2) is 10.4. The number of rotatable bonds is 8. The van der Waals surface area contributed by atoms with Crippen molar-refractivity contribution in [1.29, 1.82) is 0 Å². The first-order valence-electron chi connectivity index (χ1n) is 8.94. The van der Waals surface area contributed by atoms with E-state index < -0.39 is 5.92 Å². The van der Waals surface area contributed by atoms with Crippen LogP contribution in [-0.2, 0) is 9.59 Å². The van der Waals surface area contributed by atoms with Gasteiger partial charge in [-0.3, -0.25) is 9.59 Å². The SMILES string of the molecule is CCCNCCNC(=O)C1CCN(c2ccc(C(C)C)cc2)C1=O.Cl. The zero-order valence-corrected chi connectivity index (χ0v) is 16.2. The fourth-order valence-electron chi connectivity index (χ4n) is 2.92. The molecule has 25 heavy (non-hydrogen) atoms. The molecule has 1 fully saturated rings. The summed E-state index contributed by atoms with van der Waals surface area (Å²) in [5.74, 6) is -0.333. The summed E-state index contributed by atoms with van der Waals surface area (Å²) in [5.41, 5.74) is 2.13. The molecule has 2 amide bonds. The van der Waals surface area contributed by atoms with Gasteiger partial charge in [0.2, 0.25) is 11.8 Å². The number of nitrogens with one attached hydrogen (secondary N) is 2. The highest BCUT2D eigenvalue weighted by Gasteiger charge is 2.37. The summed E-state index contributed by atoms with van der Waals surface area (Å²) in [6, 6.07) is 8.06. The maximum atomic E-state index is 12.6. The molecule has 6 heteroatoms. The van der Waals surface area contributed by atoms with Crippen molar-refractivity contribution in [1.82, 2.24) is 10.6 Å². The van der Waals surface area contributed by atoms with Gasteiger partial charge in [-0.15, -0.1) is 12.4 Å². The average Bonchev–Trinajstić information content (AvgIpc) is 2.96. The molecule has 5 nitrogen and oxygen atoms in total. The van der Waals surface area contributed by atoms with Gasteiger partial charge in [0.15, 0.2) is 0 Å². The summed E-state index contributed by atoms with van der Waals surface area (Å²) in [5, 5.41) is 6.09. The predicted octanol–water partition coefficient (Wildman–Crippen LogP) is 2.70. The number of carbonyl (C=O) groups excluding carboxylic acids is 2. The van der Waals surface area contributed by atoms with Gasteiger partial charge in [-0.05, 0) is 43.0 Å². The molecule has 1 aromatic carbocycles. The van der Waals surface area contributed by atoms with Gasteiger partial charge in [0, 0.05) is 25.3 Å². The normalized spacial score (nSPS) is 16.9. The third-order valence-corrected chi connectivity index (χ3v) is 4.42. The van der Waals surface area contributed by atoms with Crippen molar-refractivity contribution < 1.29 is 9.59 Å². The first-order valence-corrected chi connectivity index (χ1v) is 8.94. The highest BCUT2D eigenvalue weighted by molar-refractivity contribution is 6.09. The van der Waals surface area contributed by atoms with E-state index in [4.69, 9.17) is 0 Å². The van der Waals surface area contributed by atoms with Gasteiger partial charge < -0.3 is 15.5 Å². The van der Waals surface area contributed by atoms with E-state index in [-0.39, 0.29) is 24.2 Å². The maximum Gasteiger partial charge on any atom is 0.239 e. The number of benzene rings is 1. The van der Waals surface area contributed by atoms with E-state index in [0.717, 1.165) is 25.2 Å². The minimum atomic E-state index is -0.555. The van der Waals surface area contributed by atoms with E-state index in [1.807, 2.05) is 12.1 Å². The predicted molar refractivity (Wildman–Crippen MR) is 104 cm³/mol. The smallest absolute Gasteiger partial charge is 0.239 e. The molecule has 2 N–H and O–H groups in total. The lowest BCUT2D eigenvalue weighted by Crippen LogP contribution is -2.39. The molecule has 0 saturated carbocycles. The van der Waals surface area contributed by atoms with Crippen molar-refractivity contribution in [2.24, 2.45) is 5.92 Å². The fourth-order valence-corrected chi connectivity index (χ4v) is 2.92. The summed E-state index contributed by atoms with van der Waals surface area (Å²) in [7, 11) is 0. The molecule has 1 saturated heterocycles. The van der Waals surface area contributed by atoms with E-state index in [1.54, 1.807) is 4.90 Å². The summed E-state index contributed by atoms with van der Waals surface area (Å²) in [6.45, 7) is 9.24. The number of carbonyl (C=O) groups is 2. The average molecular weight is 368 g/mol. The second-order valence-corrected chi connectivity index (χ2v) is 6.62. The van der Waals surface area contributed by atoms with Crippen LogP contribution in [0.2, 0.25) is 0 Å². The van der Waals surface area contributed by atoms with Gasteiger partial charge >= 0.3 is 0 Å².